The molecule has 0 unspecified atom stereocenters. The minimum absolute atomic E-state index is 0.392. The third-order valence-corrected chi connectivity index (χ3v) is 4.13. The zero-order valence-electron chi connectivity index (χ0n) is 11.4. The first kappa shape index (κ1) is 12.8. The number of hydrogen-bond acceptors (Lipinski definition) is 4. The molecule has 0 aliphatic carbocycles. The van der Waals surface area contributed by atoms with E-state index < -0.39 is 0 Å². The Morgan fingerprint density at radius 1 is 0.842 bits per heavy atom. The predicted octanol–water partition coefficient (Wildman–Crippen LogP) is 1.45. The highest BCUT2D eigenvalue weighted by Gasteiger charge is 2.17. The van der Waals surface area contributed by atoms with Crippen LogP contribution < -0.4 is 15.5 Å². The minimum Gasteiger partial charge on any atom is -0.378 e. The van der Waals surface area contributed by atoms with Crippen LogP contribution in [-0.4, -0.2) is 45.4 Å². The molecule has 0 bridgehead atoms. The molecule has 2 N–H and O–H groups in total. The van der Waals surface area contributed by atoms with Crippen molar-refractivity contribution in [2.75, 3.05) is 49.2 Å². The van der Waals surface area contributed by atoms with Gasteiger partial charge in [0.25, 0.3) is 0 Å². The van der Waals surface area contributed by atoms with Crippen molar-refractivity contribution in [3.63, 3.8) is 0 Å². The highest BCUT2D eigenvalue weighted by molar-refractivity contribution is 5.56. The van der Waals surface area contributed by atoms with Crippen LogP contribution in [0.2, 0.25) is 0 Å². The molecule has 4 heteroatoms. The van der Waals surface area contributed by atoms with Gasteiger partial charge in [0.1, 0.15) is 0 Å². The third kappa shape index (κ3) is 3.01. The Morgan fingerprint density at radius 2 is 1.32 bits per heavy atom. The molecule has 0 spiro atoms. The van der Waals surface area contributed by atoms with Gasteiger partial charge in [-0.05, 0) is 37.1 Å². The summed E-state index contributed by atoms with van der Waals surface area (Å²) < 4.78 is 5.39. The molecule has 19 heavy (non-hydrogen) atoms. The molecule has 1 aromatic rings. The molecule has 0 atom stereocenters. The first-order valence-electron chi connectivity index (χ1n) is 7.26. The standard InChI is InChI=1S/C15H23N3O/c16-13-5-7-17(8-6-13)14-1-3-15(4-2-14)18-9-11-19-12-10-18/h1-4,13H,5-12,16H2. The molecular weight excluding hydrogens is 238 g/mol. The second-order valence-corrected chi connectivity index (χ2v) is 5.44. The van der Waals surface area contributed by atoms with Crippen molar-refractivity contribution in [1.29, 1.82) is 0 Å². The molecule has 2 aliphatic heterocycles. The Bertz CT molecular complexity index is 392. The fourth-order valence-corrected chi connectivity index (χ4v) is 2.85. The molecule has 4 nitrogen and oxygen atoms in total. The summed E-state index contributed by atoms with van der Waals surface area (Å²) in [6.45, 7) is 5.84. The smallest absolute Gasteiger partial charge is 0.0642 e. The molecule has 0 amide bonds. The van der Waals surface area contributed by atoms with E-state index in [-0.39, 0.29) is 0 Å². The van der Waals surface area contributed by atoms with Gasteiger partial charge in [-0.15, -0.1) is 0 Å². The summed E-state index contributed by atoms with van der Waals surface area (Å²) in [5, 5.41) is 0. The molecule has 0 radical (unpaired) electrons. The van der Waals surface area contributed by atoms with Gasteiger partial charge in [-0.2, -0.15) is 0 Å². The summed E-state index contributed by atoms with van der Waals surface area (Å²) in [4.78, 5) is 4.83. The van der Waals surface area contributed by atoms with E-state index in [1.54, 1.807) is 0 Å². The van der Waals surface area contributed by atoms with Crippen LogP contribution in [0, 0.1) is 0 Å². The average molecular weight is 261 g/mol. The van der Waals surface area contributed by atoms with E-state index in [1.165, 1.54) is 11.4 Å². The Labute approximate surface area is 115 Å². The number of morpholine rings is 1. The first-order valence-corrected chi connectivity index (χ1v) is 7.26. The molecular formula is C15H23N3O. The van der Waals surface area contributed by atoms with Gasteiger partial charge < -0.3 is 20.3 Å². The SMILES string of the molecule is NC1CCN(c2ccc(N3CCOCC3)cc2)CC1. The molecule has 104 valence electrons. The Hall–Kier alpha value is -1.26. The van der Waals surface area contributed by atoms with E-state index in [9.17, 15) is 0 Å². The normalized spacial score (nSPS) is 21.7. The molecule has 2 fully saturated rings. The van der Waals surface area contributed by atoms with Crippen molar-refractivity contribution in [3.8, 4) is 0 Å². The van der Waals surface area contributed by atoms with Crippen LogP contribution in [0.5, 0.6) is 0 Å². The lowest BCUT2D eigenvalue weighted by Gasteiger charge is -2.33. The van der Waals surface area contributed by atoms with Gasteiger partial charge >= 0.3 is 0 Å². The molecule has 2 heterocycles. The van der Waals surface area contributed by atoms with E-state index in [0.29, 0.717) is 6.04 Å². The zero-order chi connectivity index (χ0) is 13.1. The van der Waals surface area contributed by atoms with Crippen LogP contribution in [-0.2, 0) is 4.74 Å². The van der Waals surface area contributed by atoms with Gasteiger partial charge in [0, 0.05) is 43.6 Å². The summed E-state index contributed by atoms with van der Waals surface area (Å²) in [6, 6.07) is 9.33. The Balaban J connectivity index is 1.65. The lowest BCUT2D eigenvalue weighted by Crippen LogP contribution is -2.39. The topological polar surface area (TPSA) is 41.7 Å². The summed E-state index contributed by atoms with van der Waals surface area (Å²) in [5.74, 6) is 0. The maximum Gasteiger partial charge on any atom is 0.0642 e. The second kappa shape index (κ2) is 5.80. The number of ether oxygens (including phenoxy) is 1. The number of piperidine rings is 1. The average Bonchev–Trinajstić information content (AvgIpc) is 2.49. The maximum atomic E-state index is 5.95. The number of benzene rings is 1. The number of rotatable bonds is 2. The van der Waals surface area contributed by atoms with E-state index in [0.717, 1.165) is 52.2 Å². The number of nitrogens with two attached hydrogens (primary N) is 1. The maximum absolute atomic E-state index is 5.95. The van der Waals surface area contributed by atoms with Crippen LogP contribution >= 0.6 is 0 Å². The summed E-state index contributed by atoms with van der Waals surface area (Å²) in [7, 11) is 0. The summed E-state index contributed by atoms with van der Waals surface area (Å²) >= 11 is 0. The van der Waals surface area contributed by atoms with Gasteiger partial charge in [-0.3, -0.25) is 0 Å². The second-order valence-electron chi connectivity index (χ2n) is 5.44. The molecule has 2 aliphatic rings. The quantitative estimate of drug-likeness (QED) is 0.875. The molecule has 3 rings (SSSR count). The van der Waals surface area contributed by atoms with Gasteiger partial charge in [0.05, 0.1) is 13.2 Å². The number of hydrogen-bond donors (Lipinski definition) is 1. The lowest BCUT2D eigenvalue weighted by molar-refractivity contribution is 0.122. The third-order valence-electron chi connectivity index (χ3n) is 4.13. The van der Waals surface area contributed by atoms with Crippen molar-refractivity contribution in [1.82, 2.24) is 0 Å². The Morgan fingerprint density at radius 3 is 1.84 bits per heavy atom. The van der Waals surface area contributed by atoms with Gasteiger partial charge in [0.2, 0.25) is 0 Å². The van der Waals surface area contributed by atoms with Crippen LogP contribution in [0.1, 0.15) is 12.8 Å². The van der Waals surface area contributed by atoms with Crippen LogP contribution in [0.25, 0.3) is 0 Å². The fraction of sp³-hybridized carbons (Fsp3) is 0.600. The van der Waals surface area contributed by atoms with Crippen LogP contribution in [0.4, 0.5) is 11.4 Å². The summed E-state index contributed by atoms with van der Waals surface area (Å²) in [5.41, 5.74) is 8.58. The largest absolute Gasteiger partial charge is 0.378 e. The molecule has 0 aromatic heterocycles. The summed E-state index contributed by atoms with van der Waals surface area (Å²) in [6.07, 6.45) is 2.20. The predicted molar refractivity (Wildman–Crippen MR) is 78.9 cm³/mol. The monoisotopic (exact) mass is 261 g/mol. The molecule has 2 saturated heterocycles. The first-order chi connectivity index (χ1) is 9.33. The van der Waals surface area contributed by atoms with Crippen molar-refractivity contribution < 1.29 is 4.74 Å². The van der Waals surface area contributed by atoms with Gasteiger partial charge in [-0.25, -0.2) is 0 Å². The van der Waals surface area contributed by atoms with E-state index in [2.05, 4.69) is 34.1 Å². The van der Waals surface area contributed by atoms with Crippen LogP contribution in [0.3, 0.4) is 0 Å². The highest BCUT2D eigenvalue weighted by Crippen LogP contribution is 2.23. The van der Waals surface area contributed by atoms with Crippen molar-refractivity contribution in [2.24, 2.45) is 5.73 Å². The Kier molecular flexibility index (Phi) is 3.89. The van der Waals surface area contributed by atoms with Crippen molar-refractivity contribution in [2.45, 2.75) is 18.9 Å². The molecule has 0 saturated carbocycles. The molecule has 1 aromatic carbocycles. The highest BCUT2D eigenvalue weighted by atomic mass is 16.5. The fourth-order valence-electron chi connectivity index (χ4n) is 2.85. The number of anilines is 2. The van der Waals surface area contributed by atoms with Crippen molar-refractivity contribution in [3.05, 3.63) is 24.3 Å². The minimum atomic E-state index is 0.392. The van der Waals surface area contributed by atoms with Gasteiger partial charge in [-0.1, -0.05) is 0 Å². The van der Waals surface area contributed by atoms with Crippen molar-refractivity contribution >= 4 is 11.4 Å². The van der Waals surface area contributed by atoms with E-state index in [1.807, 2.05) is 0 Å². The van der Waals surface area contributed by atoms with Gasteiger partial charge in [0.15, 0.2) is 0 Å². The van der Waals surface area contributed by atoms with Crippen LogP contribution in [0.15, 0.2) is 24.3 Å². The van der Waals surface area contributed by atoms with E-state index >= 15 is 0 Å². The van der Waals surface area contributed by atoms with E-state index in [4.69, 9.17) is 10.5 Å². The zero-order valence-corrected chi connectivity index (χ0v) is 11.4. The number of nitrogens with zero attached hydrogens (tertiary/aromatic N) is 2. The lowest BCUT2D eigenvalue weighted by atomic mass is 10.1.